The van der Waals surface area contributed by atoms with Crippen molar-refractivity contribution in [3.63, 3.8) is 0 Å². The number of carbonyl (C=O) groups is 1. The van der Waals surface area contributed by atoms with Crippen LogP contribution in [0.1, 0.15) is 22.0 Å². The molecule has 0 aliphatic carbocycles. The van der Waals surface area contributed by atoms with E-state index >= 15 is 0 Å². The van der Waals surface area contributed by atoms with E-state index in [1.54, 1.807) is 24.3 Å². The van der Waals surface area contributed by atoms with Gasteiger partial charge in [-0.1, -0.05) is 23.7 Å². The van der Waals surface area contributed by atoms with Gasteiger partial charge in [-0.05, 0) is 29.8 Å². The molecular formula is C15H12ClF2NO2. The maximum atomic E-state index is 13.0. The van der Waals surface area contributed by atoms with Crippen LogP contribution in [0.2, 0.25) is 5.02 Å². The van der Waals surface area contributed by atoms with Gasteiger partial charge < -0.3 is 10.4 Å². The second-order valence-electron chi connectivity index (χ2n) is 4.44. The normalized spacial score (nSPS) is 12.0. The Hall–Kier alpha value is -1.98. The van der Waals surface area contributed by atoms with E-state index in [1.165, 1.54) is 0 Å². The number of carbonyl (C=O) groups excluding carboxylic acids is 1. The molecule has 0 aromatic heterocycles. The summed E-state index contributed by atoms with van der Waals surface area (Å²) in [7, 11) is 0. The van der Waals surface area contributed by atoms with Gasteiger partial charge in [0.1, 0.15) is 11.6 Å². The molecule has 1 atom stereocenters. The summed E-state index contributed by atoms with van der Waals surface area (Å²) >= 11 is 5.73. The summed E-state index contributed by atoms with van der Waals surface area (Å²) in [5.74, 6) is -2.33. The molecule has 0 heterocycles. The number of hydrogen-bond donors (Lipinski definition) is 2. The smallest absolute Gasteiger partial charge is 0.251 e. The van der Waals surface area contributed by atoms with Crippen LogP contribution in [-0.2, 0) is 0 Å². The lowest BCUT2D eigenvalue weighted by Crippen LogP contribution is -2.28. The van der Waals surface area contributed by atoms with E-state index in [0.29, 0.717) is 16.7 Å². The largest absolute Gasteiger partial charge is 0.387 e. The van der Waals surface area contributed by atoms with Crippen LogP contribution >= 0.6 is 11.6 Å². The Labute approximate surface area is 125 Å². The molecule has 1 amide bonds. The topological polar surface area (TPSA) is 49.3 Å². The average Bonchev–Trinajstić information content (AvgIpc) is 2.44. The summed E-state index contributed by atoms with van der Waals surface area (Å²) < 4.78 is 26.0. The Morgan fingerprint density at radius 1 is 1.14 bits per heavy atom. The Morgan fingerprint density at radius 2 is 1.71 bits per heavy atom. The average molecular weight is 312 g/mol. The maximum Gasteiger partial charge on any atom is 0.251 e. The zero-order chi connectivity index (χ0) is 15.4. The lowest BCUT2D eigenvalue weighted by atomic mass is 10.1. The summed E-state index contributed by atoms with van der Waals surface area (Å²) in [5.41, 5.74) is 0.431. The lowest BCUT2D eigenvalue weighted by molar-refractivity contribution is 0.0915. The Balaban J connectivity index is 1.98. The van der Waals surface area contributed by atoms with E-state index in [4.69, 9.17) is 11.6 Å². The van der Waals surface area contributed by atoms with E-state index in [1.807, 2.05) is 0 Å². The second kappa shape index (κ2) is 6.65. The highest BCUT2D eigenvalue weighted by atomic mass is 35.5. The van der Waals surface area contributed by atoms with Gasteiger partial charge in [0.2, 0.25) is 0 Å². The summed E-state index contributed by atoms with van der Waals surface area (Å²) in [6, 6.07) is 9.01. The zero-order valence-corrected chi connectivity index (χ0v) is 11.6. The standard InChI is InChI=1S/C15H12ClF2NO2/c16-11-3-1-9(2-4-11)14(20)8-19-15(21)10-5-12(17)7-13(18)6-10/h1-7,14,20H,8H2,(H,19,21). The van der Waals surface area contributed by atoms with Crippen molar-refractivity contribution in [1.29, 1.82) is 0 Å². The fourth-order valence-corrected chi connectivity index (χ4v) is 1.91. The summed E-state index contributed by atoms with van der Waals surface area (Å²) in [6.07, 6.45) is -0.940. The first kappa shape index (κ1) is 15.4. The van der Waals surface area contributed by atoms with Gasteiger partial charge in [-0.25, -0.2) is 8.78 Å². The van der Waals surface area contributed by atoms with Gasteiger partial charge in [0.15, 0.2) is 0 Å². The first-order valence-corrected chi connectivity index (χ1v) is 6.51. The molecule has 2 aromatic rings. The number of hydrogen-bond acceptors (Lipinski definition) is 2. The number of rotatable bonds is 4. The maximum absolute atomic E-state index is 13.0. The van der Waals surface area contributed by atoms with Gasteiger partial charge >= 0.3 is 0 Å². The molecule has 0 saturated carbocycles. The number of amides is 1. The van der Waals surface area contributed by atoms with Gasteiger partial charge in [-0.3, -0.25) is 4.79 Å². The Kier molecular flexibility index (Phi) is 4.88. The third-order valence-corrected chi connectivity index (χ3v) is 3.09. The highest BCUT2D eigenvalue weighted by Gasteiger charge is 2.12. The van der Waals surface area contributed by atoms with E-state index in [0.717, 1.165) is 12.1 Å². The van der Waals surface area contributed by atoms with Crippen LogP contribution in [0.25, 0.3) is 0 Å². The zero-order valence-electron chi connectivity index (χ0n) is 10.8. The fourth-order valence-electron chi connectivity index (χ4n) is 1.78. The van der Waals surface area contributed by atoms with Gasteiger partial charge in [-0.15, -0.1) is 0 Å². The predicted octanol–water partition coefficient (Wildman–Crippen LogP) is 3.08. The molecule has 2 N–H and O–H groups in total. The van der Waals surface area contributed by atoms with Crippen LogP contribution in [0, 0.1) is 11.6 Å². The molecule has 0 aliphatic rings. The molecule has 0 radical (unpaired) electrons. The first-order valence-electron chi connectivity index (χ1n) is 6.13. The molecule has 0 spiro atoms. The highest BCUT2D eigenvalue weighted by Crippen LogP contribution is 2.16. The van der Waals surface area contributed by atoms with Crippen LogP contribution < -0.4 is 5.32 Å². The van der Waals surface area contributed by atoms with Crippen molar-refractivity contribution in [2.45, 2.75) is 6.10 Å². The predicted molar refractivity (Wildman–Crippen MR) is 75.1 cm³/mol. The SMILES string of the molecule is O=C(NCC(O)c1ccc(Cl)cc1)c1cc(F)cc(F)c1. The van der Waals surface area contributed by atoms with E-state index in [9.17, 15) is 18.7 Å². The van der Waals surface area contributed by atoms with Crippen LogP contribution in [0.4, 0.5) is 8.78 Å². The number of benzene rings is 2. The number of nitrogens with one attached hydrogen (secondary N) is 1. The van der Waals surface area contributed by atoms with Gasteiger partial charge in [-0.2, -0.15) is 0 Å². The third kappa shape index (κ3) is 4.24. The van der Waals surface area contributed by atoms with Crippen LogP contribution in [0.5, 0.6) is 0 Å². The van der Waals surface area contributed by atoms with Gasteiger partial charge in [0.25, 0.3) is 5.91 Å². The number of halogens is 3. The van der Waals surface area contributed by atoms with Crippen LogP contribution in [0.15, 0.2) is 42.5 Å². The first-order chi connectivity index (χ1) is 9.95. The van der Waals surface area contributed by atoms with Crippen molar-refractivity contribution in [2.24, 2.45) is 0 Å². The lowest BCUT2D eigenvalue weighted by Gasteiger charge is -2.12. The summed E-state index contributed by atoms with van der Waals surface area (Å²) in [4.78, 5) is 11.8. The second-order valence-corrected chi connectivity index (χ2v) is 4.87. The summed E-state index contributed by atoms with van der Waals surface area (Å²) in [6.45, 7) is -0.0847. The van der Waals surface area contributed by atoms with E-state index in [-0.39, 0.29) is 12.1 Å². The Bertz CT molecular complexity index is 626. The van der Waals surface area contributed by atoms with Crippen molar-refractivity contribution >= 4 is 17.5 Å². The minimum Gasteiger partial charge on any atom is -0.387 e. The van der Waals surface area contributed by atoms with E-state index < -0.39 is 23.6 Å². The third-order valence-electron chi connectivity index (χ3n) is 2.84. The Morgan fingerprint density at radius 3 is 2.29 bits per heavy atom. The fraction of sp³-hybridized carbons (Fsp3) is 0.133. The van der Waals surface area contributed by atoms with Crippen molar-refractivity contribution < 1.29 is 18.7 Å². The van der Waals surface area contributed by atoms with Crippen molar-refractivity contribution in [2.75, 3.05) is 6.54 Å². The molecule has 0 aliphatic heterocycles. The van der Waals surface area contributed by atoms with Gasteiger partial charge in [0.05, 0.1) is 6.10 Å². The quantitative estimate of drug-likeness (QED) is 0.911. The summed E-state index contributed by atoms with van der Waals surface area (Å²) in [5, 5.41) is 12.9. The molecule has 0 saturated heterocycles. The molecule has 21 heavy (non-hydrogen) atoms. The molecule has 2 rings (SSSR count). The van der Waals surface area contributed by atoms with Crippen molar-refractivity contribution in [3.8, 4) is 0 Å². The molecular weight excluding hydrogens is 300 g/mol. The molecule has 2 aromatic carbocycles. The van der Waals surface area contributed by atoms with E-state index in [2.05, 4.69) is 5.32 Å². The minimum absolute atomic E-state index is 0.0847. The highest BCUT2D eigenvalue weighted by molar-refractivity contribution is 6.30. The molecule has 0 bridgehead atoms. The number of aliphatic hydroxyl groups is 1. The van der Waals surface area contributed by atoms with Crippen LogP contribution in [-0.4, -0.2) is 17.6 Å². The van der Waals surface area contributed by atoms with Crippen LogP contribution in [0.3, 0.4) is 0 Å². The van der Waals surface area contributed by atoms with Gasteiger partial charge in [0, 0.05) is 23.2 Å². The molecule has 3 nitrogen and oxygen atoms in total. The number of aliphatic hydroxyl groups excluding tert-OH is 1. The molecule has 0 fully saturated rings. The molecule has 6 heteroatoms. The monoisotopic (exact) mass is 311 g/mol. The molecule has 110 valence electrons. The van der Waals surface area contributed by atoms with Crippen molar-refractivity contribution in [1.82, 2.24) is 5.32 Å². The minimum atomic E-state index is -0.940. The van der Waals surface area contributed by atoms with Crippen molar-refractivity contribution in [3.05, 3.63) is 70.2 Å². The molecule has 1 unspecified atom stereocenters.